The zero-order chi connectivity index (χ0) is 16.1. The lowest BCUT2D eigenvalue weighted by Gasteiger charge is -2.22. The Labute approximate surface area is 130 Å². The molecule has 2 aromatic rings. The summed E-state index contributed by atoms with van der Waals surface area (Å²) in [5, 5.41) is 8.72. The summed E-state index contributed by atoms with van der Waals surface area (Å²) in [5.74, 6) is 1.10. The number of aromatic nitrogens is 1. The zero-order valence-electron chi connectivity index (χ0n) is 13.0. The Morgan fingerprint density at radius 1 is 1.41 bits per heavy atom. The minimum Gasteiger partial charge on any atom is -0.441 e. The molecule has 0 N–H and O–H groups in total. The van der Waals surface area contributed by atoms with Gasteiger partial charge in [-0.05, 0) is 26.0 Å². The molecular weight excluding hydrogens is 278 g/mol. The van der Waals surface area contributed by atoms with Crippen molar-refractivity contribution < 1.29 is 9.21 Å². The predicted octanol–water partition coefficient (Wildman–Crippen LogP) is 2.95. The van der Waals surface area contributed by atoms with E-state index in [1.807, 2.05) is 37.3 Å². The molecule has 0 aliphatic carbocycles. The molecule has 1 aromatic carbocycles. The van der Waals surface area contributed by atoms with E-state index in [4.69, 9.17) is 9.68 Å². The van der Waals surface area contributed by atoms with E-state index >= 15 is 0 Å². The van der Waals surface area contributed by atoms with Crippen molar-refractivity contribution in [1.29, 1.82) is 5.26 Å². The molecule has 1 heterocycles. The molecule has 0 fully saturated rings. The maximum atomic E-state index is 12.3. The Balaban J connectivity index is 2.13. The van der Waals surface area contributed by atoms with Crippen LogP contribution in [0, 0.1) is 18.3 Å². The summed E-state index contributed by atoms with van der Waals surface area (Å²) in [6.07, 6.45) is 0.490. The summed E-state index contributed by atoms with van der Waals surface area (Å²) < 4.78 is 5.66. The molecule has 0 spiro atoms. The van der Waals surface area contributed by atoms with Gasteiger partial charge in [0.05, 0.1) is 24.6 Å². The summed E-state index contributed by atoms with van der Waals surface area (Å²) >= 11 is 0. The van der Waals surface area contributed by atoms with Crippen LogP contribution in [-0.2, 0) is 11.2 Å². The van der Waals surface area contributed by atoms with Gasteiger partial charge in [-0.15, -0.1) is 0 Å². The van der Waals surface area contributed by atoms with Gasteiger partial charge in [0, 0.05) is 18.7 Å². The smallest absolute Gasteiger partial charge is 0.228 e. The van der Waals surface area contributed by atoms with Crippen molar-refractivity contribution in [3.8, 4) is 17.5 Å². The molecule has 0 saturated carbocycles. The fraction of sp³-hybridized carbons (Fsp3) is 0.353. The summed E-state index contributed by atoms with van der Waals surface area (Å²) in [4.78, 5) is 18.3. The Hall–Kier alpha value is -2.61. The lowest BCUT2D eigenvalue weighted by atomic mass is 10.2. The Morgan fingerprint density at radius 3 is 2.73 bits per heavy atom. The number of nitriles is 1. The van der Waals surface area contributed by atoms with Gasteiger partial charge < -0.3 is 9.32 Å². The average molecular weight is 297 g/mol. The lowest BCUT2D eigenvalue weighted by Crippen LogP contribution is -2.36. The van der Waals surface area contributed by atoms with Crippen molar-refractivity contribution in [2.75, 3.05) is 7.05 Å². The Bertz CT molecular complexity index is 686. The third kappa shape index (κ3) is 3.53. The molecule has 1 aromatic heterocycles. The number of hydrogen-bond donors (Lipinski definition) is 0. The summed E-state index contributed by atoms with van der Waals surface area (Å²) in [6.45, 7) is 3.66. The van der Waals surface area contributed by atoms with Crippen molar-refractivity contribution in [2.45, 2.75) is 32.7 Å². The predicted molar refractivity (Wildman–Crippen MR) is 82.8 cm³/mol. The van der Waals surface area contributed by atoms with Gasteiger partial charge in [0.15, 0.2) is 0 Å². The van der Waals surface area contributed by atoms with Gasteiger partial charge in [-0.3, -0.25) is 4.79 Å². The maximum absolute atomic E-state index is 12.3. The quantitative estimate of drug-likeness (QED) is 0.850. The van der Waals surface area contributed by atoms with E-state index < -0.39 is 0 Å². The van der Waals surface area contributed by atoms with Crippen molar-refractivity contribution in [2.24, 2.45) is 0 Å². The maximum Gasteiger partial charge on any atom is 0.228 e. The van der Waals surface area contributed by atoms with Crippen LogP contribution in [-0.4, -0.2) is 28.9 Å². The summed E-state index contributed by atoms with van der Waals surface area (Å²) in [7, 11) is 1.71. The van der Waals surface area contributed by atoms with Gasteiger partial charge in [0.25, 0.3) is 0 Å². The number of hydrogen-bond acceptors (Lipinski definition) is 4. The molecular formula is C17H19N3O2. The van der Waals surface area contributed by atoms with E-state index in [0.717, 1.165) is 5.56 Å². The third-order valence-electron chi connectivity index (χ3n) is 3.67. The van der Waals surface area contributed by atoms with Crippen molar-refractivity contribution in [3.05, 3.63) is 41.8 Å². The SMILES string of the molecule is Cc1oc(-c2ccccc2)nc1CC(=O)N(C)[C@@H](C)CC#N. The van der Waals surface area contributed by atoms with Crippen LogP contribution in [0.4, 0.5) is 0 Å². The summed E-state index contributed by atoms with van der Waals surface area (Å²) in [6, 6.07) is 11.5. The first-order chi connectivity index (χ1) is 10.5. The second-order valence-corrected chi connectivity index (χ2v) is 5.28. The number of aryl methyl sites for hydroxylation is 1. The topological polar surface area (TPSA) is 70.1 Å². The number of rotatable bonds is 5. The molecule has 0 aliphatic rings. The van der Waals surface area contributed by atoms with Gasteiger partial charge in [-0.25, -0.2) is 4.98 Å². The molecule has 0 unspecified atom stereocenters. The van der Waals surface area contributed by atoms with Crippen LogP contribution in [0.2, 0.25) is 0 Å². The molecule has 0 aliphatic heterocycles. The number of benzene rings is 1. The number of carbonyl (C=O) groups excluding carboxylic acids is 1. The van der Waals surface area contributed by atoms with E-state index in [1.54, 1.807) is 18.9 Å². The highest BCUT2D eigenvalue weighted by atomic mass is 16.4. The fourth-order valence-electron chi connectivity index (χ4n) is 2.08. The highest BCUT2D eigenvalue weighted by Crippen LogP contribution is 2.22. The molecule has 0 saturated heterocycles. The molecule has 0 radical (unpaired) electrons. The van der Waals surface area contributed by atoms with E-state index in [-0.39, 0.29) is 18.4 Å². The van der Waals surface area contributed by atoms with Crippen LogP contribution in [0.15, 0.2) is 34.7 Å². The van der Waals surface area contributed by atoms with Crippen LogP contribution in [0.3, 0.4) is 0 Å². The highest BCUT2D eigenvalue weighted by Gasteiger charge is 2.20. The molecule has 5 heteroatoms. The molecule has 1 amide bonds. The molecule has 5 nitrogen and oxygen atoms in total. The van der Waals surface area contributed by atoms with E-state index in [1.165, 1.54) is 0 Å². The largest absolute Gasteiger partial charge is 0.441 e. The van der Waals surface area contributed by atoms with E-state index in [0.29, 0.717) is 23.8 Å². The van der Waals surface area contributed by atoms with Crippen LogP contribution in [0.1, 0.15) is 24.8 Å². The average Bonchev–Trinajstić information content (AvgIpc) is 2.88. The van der Waals surface area contributed by atoms with Gasteiger partial charge in [-0.1, -0.05) is 18.2 Å². The lowest BCUT2D eigenvalue weighted by molar-refractivity contribution is -0.130. The second-order valence-electron chi connectivity index (χ2n) is 5.28. The van der Waals surface area contributed by atoms with Crippen LogP contribution >= 0.6 is 0 Å². The first kappa shape index (κ1) is 15.8. The van der Waals surface area contributed by atoms with Crippen LogP contribution < -0.4 is 0 Å². The second kappa shape index (κ2) is 6.90. The van der Waals surface area contributed by atoms with Gasteiger partial charge >= 0.3 is 0 Å². The molecule has 2 rings (SSSR count). The Morgan fingerprint density at radius 2 is 2.09 bits per heavy atom. The van der Waals surface area contributed by atoms with Crippen molar-refractivity contribution in [1.82, 2.24) is 9.88 Å². The van der Waals surface area contributed by atoms with E-state index in [9.17, 15) is 4.79 Å². The minimum absolute atomic E-state index is 0.0706. The summed E-state index contributed by atoms with van der Waals surface area (Å²) in [5.41, 5.74) is 1.52. The monoisotopic (exact) mass is 297 g/mol. The van der Waals surface area contributed by atoms with Crippen LogP contribution in [0.5, 0.6) is 0 Å². The van der Waals surface area contributed by atoms with Crippen LogP contribution in [0.25, 0.3) is 11.5 Å². The normalized spacial score (nSPS) is 11.7. The number of carbonyl (C=O) groups is 1. The Kier molecular flexibility index (Phi) is 4.95. The molecule has 114 valence electrons. The first-order valence-electron chi connectivity index (χ1n) is 7.17. The molecule has 22 heavy (non-hydrogen) atoms. The zero-order valence-corrected chi connectivity index (χ0v) is 13.0. The molecule has 0 bridgehead atoms. The van der Waals surface area contributed by atoms with Crippen molar-refractivity contribution >= 4 is 5.91 Å². The number of amides is 1. The van der Waals surface area contributed by atoms with Crippen molar-refractivity contribution in [3.63, 3.8) is 0 Å². The third-order valence-corrected chi connectivity index (χ3v) is 3.67. The van der Waals surface area contributed by atoms with Gasteiger partial charge in [0.2, 0.25) is 11.8 Å². The number of oxazole rings is 1. The molecule has 1 atom stereocenters. The van der Waals surface area contributed by atoms with E-state index in [2.05, 4.69) is 11.1 Å². The number of likely N-dealkylation sites (N-methyl/N-ethyl adjacent to an activating group) is 1. The fourth-order valence-corrected chi connectivity index (χ4v) is 2.08. The first-order valence-corrected chi connectivity index (χ1v) is 7.17. The van der Waals surface area contributed by atoms with Gasteiger partial charge in [-0.2, -0.15) is 5.26 Å². The highest BCUT2D eigenvalue weighted by molar-refractivity contribution is 5.78. The number of nitrogens with zero attached hydrogens (tertiary/aromatic N) is 3. The standard InChI is InChI=1S/C17H19N3O2/c1-12(9-10-18)20(3)16(21)11-15-13(2)22-17(19-15)14-7-5-4-6-8-14/h4-8,12H,9,11H2,1-3H3/t12-/m0/s1. The van der Waals surface area contributed by atoms with Gasteiger partial charge in [0.1, 0.15) is 5.76 Å². The minimum atomic E-state index is -0.113.